The van der Waals surface area contributed by atoms with Gasteiger partial charge in [-0.3, -0.25) is 4.79 Å². The molecule has 0 aliphatic carbocycles. The zero-order valence-electron chi connectivity index (χ0n) is 14.0. The maximum Gasteiger partial charge on any atom is 0.335 e. The smallest absolute Gasteiger partial charge is 0.335 e. The van der Waals surface area contributed by atoms with E-state index in [2.05, 4.69) is 0 Å². The van der Waals surface area contributed by atoms with Crippen LogP contribution in [0.4, 0.5) is 4.39 Å². The molecule has 2 aromatic rings. The molecular formula is C20H20FNO3. The van der Waals surface area contributed by atoms with E-state index >= 15 is 0 Å². The Morgan fingerprint density at radius 3 is 2.56 bits per heavy atom. The maximum absolute atomic E-state index is 13.0. The molecule has 3 rings (SSSR count). The Kier molecular flexibility index (Phi) is 4.83. The predicted molar refractivity (Wildman–Crippen MR) is 92.0 cm³/mol. The molecule has 1 aliphatic heterocycles. The van der Waals surface area contributed by atoms with Crippen molar-refractivity contribution in [3.63, 3.8) is 0 Å². The number of aromatic carboxylic acids is 1. The summed E-state index contributed by atoms with van der Waals surface area (Å²) in [7, 11) is 0. The van der Waals surface area contributed by atoms with E-state index in [1.54, 1.807) is 29.2 Å². The third kappa shape index (κ3) is 3.87. The first-order valence-corrected chi connectivity index (χ1v) is 8.32. The largest absolute Gasteiger partial charge is 0.478 e. The normalized spacial score (nSPS) is 14.7. The third-order valence-electron chi connectivity index (χ3n) is 4.74. The fourth-order valence-corrected chi connectivity index (χ4v) is 3.20. The van der Waals surface area contributed by atoms with Gasteiger partial charge in [0.25, 0.3) is 0 Å². The molecule has 1 aliphatic rings. The number of halogens is 1. The number of carbonyl (C=O) groups excluding carboxylic acids is 1. The summed E-state index contributed by atoms with van der Waals surface area (Å²) in [6.45, 7) is 3.02. The van der Waals surface area contributed by atoms with Gasteiger partial charge in [0.2, 0.25) is 5.91 Å². The summed E-state index contributed by atoms with van der Waals surface area (Å²) in [6, 6.07) is 11.3. The van der Waals surface area contributed by atoms with Crippen molar-refractivity contribution in [3.05, 3.63) is 70.5 Å². The van der Waals surface area contributed by atoms with E-state index in [9.17, 15) is 14.0 Å². The standard InChI is InChI=1S/C20H20FNO3/c1-13(14-4-6-18(21)7-5-14)10-19(23)22-9-8-15-2-3-16(20(24)25)11-17(15)12-22/h2-7,11,13H,8-10,12H2,1H3,(H,24,25). The highest BCUT2D eigenvalue weighted by Gasteiger charge is 2.23. The molecule has 0 saturated carbocycles. The van der Waals surface area contributed by atoms with E-state index < -0.39 is 5.97 Å². The first-order valence-electron chi connectivity index (χ1n) is 8.32. The van der Waals surface area contributed by atoms with Gasteiger partial charge in [0.05, 0.1) is 5.56 Å². The second-order valence-corrected chi connectivity index (χ2v) is 6.51. The highest BCUT2D eigenvalue weighted by molar-refractivity contribution is 5.88. The minimum Gasteiger partial charge on any atom is -0.478 e. The van der Waals surface area contributed by atoms with Crippen LogP contribution in [-0.2, 0) is 17.8 Å². The van der Waals surface area contributed by atoms with E-state index in [4.69, 9.17) is 5.11 Å². The molecule has 0 radical (unpaired) electrons. The summed E-state index contributed by atoms with van der Waals surface area (Å²) in [5, 5.41) is 9.12. The first-order chi connectivity index (χ1) is 11.9. The minimum atomic E-state index is -0.962. The number of amides is 1. The summed E-state index contributed by atoms with van der Waals surface area (Å²) in [5.41, 5.74) is 3.17. The van der Waals surface area contributed by atoms with Gasteiger partial charge >= 0.3 is 5.97 Å². The molecule has 2 aromatic carbocycles. The van der Waals surface area contributed by atoms with Gasteiger partial charge < -0.3 is 10.0 Å². The Bertz CT molecular complexity index is 801. The lowest BCUT2D eigenvalue weighted by molar-refractivity contribution is -0.132. The van der Waals surface area contributed by atoms with Crippen molar-refractivity contribution in [2.45, 2.75) is 32.2 Å². The van der Waals surface area contributed by atoms with Crippen LogP contribution in [0.25, 0.3) is 0 Å². The van der Waals surface area contributed by atoms with Gasteiger partial charge in [-0.05, 0) is 53.3 Å². The molecule has 0 saturated heterocycles. The van der Waals surface area contributed by atoms with Crippen molar-refractivity contribution in [2.75, 3.05) is 6.54 Å². The number of hydrogen-bond acceptors (Lipinski definition) is 2. The van der Waals surface area contributed by atoms with Gasteiger partial charge in [-0.15, -0.1) is 0 Å². The molecule has 0 spiro atoms. The number of carbonyl (C=O) groups is 2. The van der Waals surface area contributed by atoms with Crippen molar-refractivity contribution in [1.82, 2.24) is 4.90 Å². The number of carboxylic acid groups (broad SMARTS) is 1. The molecule has 1 unspecified atom stereocenters. The van der Waals surface area contributed by atoms with Crippen LogP contribution in [0.3, 0.4) is 0 Å². The van der Waals surface area contributed by atoms with Gasteiger partial charge in [-0.25, -0.2) is 9.18 Å². The predicted octanol–water partition coefficient (Wildman–Crippen LogP) is 3.60. The lowest BCUT2D eigenvalue weighted by atomic mass is 9.94. The number of benzene rings is 2. The Morgan fingerprint density at radius 1 is 1.16 bits per heavy atom. The van der Waals surface area contributed by atoms with Crippen molar-refractivity contribution >= 4 is 11.9 Å². The van der Waals surface area contributed by atoms with Crippen LogP contribution in [0, 0.1) is 5.82 Å². The molecule has 1 N–H and O–H groups in total. The molecule has 0 aromatic heterocycles. The van der Waals surface area contributed by atoms with Crippen LogP contribution in [-0.4, -0.2) is 28.4 Å². The number of rotatable bonds is 4. The minimum absolute atomic E-state index is 0.000138. The second kappa shape index (κ2) is 7.05. The van der Waals surface area contributed by atoms with Crippen LogP contribution in [0.1, 0.15) is 46.3 Å². The number of fused-ring (bicyclic) bond motifs is 1. The van der Waals surface area contributed by atoms with E-state index in [1.165, 1.54) is 12.1 Å². The zero-order chi connectivity index (χ0) is 18.0. The molecule has 0 bridgehead atoms. The van der Waals surface area contributed by atoms with E-state index in [1.807, 2.05) is 13.0 Å². The molecule has 130 valence electrons. The van der Waals surface area contributed by atoms with Crippen LogP contribution >= 0.6 is 0 Å². The Morgan fingerprint density at radius 2 is 1.88 bits per heavy atom. The second-order valence-electron chi connectivity index (χ2n) is 6.51. The van der Waals surface area contributed by atoms with E-state index in [0.29, 0.717) is 19.5 Å². The number of hydrogen-bond donors (Lipinski definition) is 1. The van der Waals surface area contributed by atoms with Gasteiger partial charge in [-0.2, -0.15) is 0 Å². The Balaban J connectivity index is 1.68. The Labute approximate surface area is 145 Å². The Hall–Kier alpha value is -2.69. The summed E-state index contributed by atoms with van der Waals surface area (Å²) in [6.07, 6.45) is 1.07. The van der Waals surface area contributed by atoms with Crippen molar-refractivity contribution in [1.29, 1.82) is 0 Å². The average molecular weight is 341 g/mol. The van der Waals surface area contributed by atoms with E-state index in [-0.39, 0.29) is 23.2 Å². The van der Waals surface area contributed by atoms with Gasteiger partial charge in [0, 0.05) is 19.5 Å². The van der Waals surface area contributed by atoms with Crippen LogP contribution in [0.2, 0.25) is 0 Å². The summed E-state index contributed by atoms with van der Waals surface area (Å²) in [4.78, 5) is 25.5. The van der Waals surface area contributed by atoms with Crippen molar-refractivity contribution in [3.8, 4) is 0 Å². The molecular weight excluding hydrogens is 321 g/mol. The summed E-state index contributed by atoms with van der Waals surface area (Å²) >= 11 is 0. The molecule has 1 atom stereocenters. The topological polar surface area (TPSA) is 57.6 Å². The quantitative estimate of drug-likeness (QED) is 0.924. The van der Waals surface area contributed by atoms with Crippen LogP contribution in [0.5, 0.6) is 0 Å². The molecule has 0 fully saturated rings. The van der Waals surface area contributed by atoms with Crippen LogP contribution in [0.15, 0.2) is 42.5 Å². The lowest BCUT2D eigenvalue weighted by Crippen LogP contribution is -2.36. The first kappa shape index (κ1) is 17.1. The highest BCUT2D eigenvalue weighted by atomic mass is 19.1. The molecule has 5 heteroatoms. The summed E-state index contributed by atoms with van der Waals surface area (Å²) in [5.74, 6) is -1.22. The average Bonchev–Trinajstić information content (AvgIpc) is 2.61. The fourth-order valence-electron chi connectivity index (χ4n) is 3.20. The molecule has 4 nitrogen and oxygen atoms in total. The highest BCUT2D eigenvalue weighted by Crippen LogP contribution is 2.24. The van der Waals surface area contributed by atoms with Crippen molar-refractivity contribution in [2.24, 2.45) is 0 Å². The van der Waals surface area contributed by atoms with Gasteiger partial charge in [0.1, 0.15) is 5.82 Å². The van der Waals surface area contributed by atoms with Gasteiger partial charge in [-0.1, -0.05) is 25.1 Å². The molecule has 1 heterocycles. The number of nitrogens with zero attached hydrogens (tertiary/aromatic N) is 1. The van der Waals surface area contributed by atoms with Crippen molar-refractivity contribution < 1.29 is 19.1 Å². The molecule has 25 heavy (non-hydrogen) atoms. The van der Waals surface area contributed by atoms with Gasteiger partial charge in [0.15, 0.2) is 0 Å². The summed E-state index contributed by atoms with van der Waals surface area (Å²) < 4.78 is 13.0. The van der Waals surface area contributed by atoms with E-state index in [0.717, 1.165) is 23.1 Å². The third-order valence-corrected chi connectivity index (χ3v) is 4.74. The fraction of sp³-hybridized carbons (Fsp3) is 0.300. The lowest BCUT2D eigenvalue weighted by Gasteiger charge is -2.30. The number of carboxylic acids is 1. The SMILES string of the molecule is CC(CC(=O)N1CCc2ccc(C(=O)O)cc2C1)c1ccc(F)cc1. The zero-order valence-corrected chi connectivity index (χ0v) is 14.0. The maximum atomic E-state index is 13.0. The monoisotopic (exact) mass is 341 g/mol. The molecule has 1 amide bonds. The van der Waals surface area contributed by atoms with Crippen LogP contribution < -0.4 is 0 Å².